The lowest BCUT2D eigenvalue weighted by atomic mass is 10.1. The molecule has 1 rings (SSSR count). The monoisotopic (exact) mass is 250 g/mol. The Morgan fingerprint density at radius 2 is 2.28 bits per heavy atom. The molecular weight excluding hydrogens is 228 g/mol. The average Bonchev–Trinajstić information content (AvgIpc) is 2.36. The molecule has 0 spiro atoms. The van der Waals surface area contributed by atoms with Crippen molar-refractivity contribution in [2.45, 2.75) is 32.4 Å². The van der Waals surface area contributed by atoms with E-state index >= 15 is 0 Å². The maximum absolute atomic E-state index is 11.7. The second kappa shape index (κ2) is 7.84. The van der Waals surface area contributed by atoms with Crippen LogP contribution >= 0.6 is 0 Å². The Morgan fingerprint density at radius 1 is 1.50 bits per heavy atom. The largest absolute Gasteiger partial charge is 0.385 e. The number of nitrogens with two attached hydrogens (primary N) is 1. The van der Waals surface area contributed by atoms with Gasteiger partial charge in [-0.3, -0.25) is 4.79 Å². The molecule has 100 valence electrons. The van der Waals surface area contributed by atoms with E-state index in [9.17, 15) is 4.79 Å². The second-order valence-electron chi connectivity index (χ2n) is 4.45. The maximum atomic E-state index is 11.7. The lowest BCUT2D eigenvalue weighted by molar-refractivity contribution is -0.122. The summed E-state index contributed by atoms with van der Waals surface area (Å²) in [5.41, 5.74) is 8.06. The van der Waals surface area contributed by atoms with Crippen LogP contribution in [0.4, 0.5) is 0 Å². The van der Waals surface area contributed by atoms with E-state index in [1.807, 2.05) is 25.1 Å². The van der Waals surface area contributed by atoms with Crippen LogP contribution in [0.25, 0.3) is 0 Å². The van der Waals surface area contributed by atoms with Gasteiger partial charge in [0.25, 0.3) is 0 Å². The predicted octanol–water partition coefficient (Wildman–Crippen LogP) is 1.37. The molecule has 0 aliphatic rings. The molecule has 0 aliphatic heterocycles. The van der Waals surface area contributed by atoms with Crippen molar-refractivity contribution in [2.24, 2.45) is 5.73 Å². The number of hydrogen-bond acceptors (Lipinski definition) is 3. The standard InChI is InChI=1S/C14H22N2O2/c1-11-5-3-6-12(9-11)10-16-14(17)13(15)7-4-8-18-2/h3,5-6,9,13H,4,7-8,10,15H2,1-2H3,(H,16,17). The number of nitrogens with one attached hydrogen (secondary N) is 1. The minimum Gasteiger partial charge on any atom is -0.385 e. The first-order valence-electron chi connectivity index (χ1n) is 6.21. The number of carbonyl (C=O) groups excluding carboxylic acids is 1. The van der Waals surface area contributed by atoms with Gasteiger partial charge in [0.05, 0.1) is 6.04 Å². The molecular formula is C14H22N2O2. The van der Waals surface area contributed by atoms with Crippen LogP contribution < -0.4 is 11.1 Å². The first-order valence-corrected chi connectivity index (χ1v) is 6.21. The summed E-state index contributed by atoms with van der Waals surface area (Å²) < 4.78 is 4.93. The number of rotatable bonds is 7. The molecule has 0 aliphatic carbocycles. The summed E-state index contributed by atoms with van der Waals surface area (Å²) in [6.07, 6.45) is 1.45. The third kappa shape index (κ3) is 5.29. The summed E-state index contributed by atoms with van der Waals surface area (Å²) in [5, 5.41) is 2.85. The number of aryl methyl sites for hydroxylation is 1. The Morgan fingerprint density at radius 3 is 2.94 bits per heavy atom. The zero-order chi connectivity index (χ0) is 13.4. The highest BCUT2D eigenvalue weighted by Gasteiger charge is 2.12. The van der Waals surface area contributed by atoms with Gasteiger partial charge in [-0.25, -0.2) is 0 Å². The van der Waals surface area contributed by atoms with Crippen LogP contribution in [0.15, 0.2) is 24.3 Å². The summed E-state index contributed by atoms with van der Waals surface area (Å²) in [7, 11) is 1.64. The van der Waals surface area contributed by atoms with Gasteiger partial charge in [0.1, 0.15) is 0 Å². The second-order valence-corrected chi connectivity index (χ2v) is 4.45. The van der Waals surface area contributed by atoms with E-state index in [1.54, 1.807) is 7.11 Å². The SMILES string of the molecule is COCCCC(N)C(=O)NCc1cccc(C)c1. The Hall–Kier alpha value is -1.39. The Balaban J connectivity index is 2.32. The highest BCUT2D eigenvalue weighted by molar-refractivity contribution is 5.81. The first kappa shape index (κ1) is 14.7. The van der Waals surface area contributed by atoms with Crippen LogP contribution in [0, 0.1) is 6.92 Å². The van der Waals surface area contributed by atoms with Crippen molar-refractivity contribution in [2.75, 3.05) is 13.7 Å². The molecule has 3 N–H and O–H groups in total. The van der Waals surface area contributed by atoms with Crippen LogP contribution in [0.3, 0.4) is 0 Å². The fraction of sp³-hybridized carbons (Fsp3) is 0.500. The molecule has 4 nitrogen and oxygen atoms in total. The van der Waals surface area contributed by atoms with Gasteiger partial charge < -0.3 is 15.8 Å². The molecule has 1 aromatic rings. The molecule has 0 radical (unpaired) electrons. The average molecular weight is 250 g/mol. The highest BCUT2D eigenvalue weighted by Crippen LogP contribution is 2.03. The van der Waals surface area contributed by atoms with E-state index < -0.39 is 6.04 Å². The third-order valence-electron chi connectivity index (χ3n) is 2.75. The highest BCUT2D eigenvalue weighted by atomic mass is 16.5. The zero-order valence-corrected chi connectivity index (χ0v) is 11.1. The summed E-state index contributed by atoms with van der Waals surface area (Å²) in [5.74, 6) is -0.104. The fourth-order valence-electron chi connectivity index (χ4n) is 1.72. The summed E-state index contributed by atoms with van der Waals surface area (Å²) in [6.45, 7) is 3.19. The van der Waals surface area contributed by atoms with Crippen molar-refractivity contribution in [3.8, 4) is 0 Å². The number of ether oxygens (including phenoxy) is 1. The predicted molar refractivity (Wildman–Crippen MR) is 72.1 cm³/mol. The van der Waals surface area contributed by atoms with Gasteiger partial charge in [0.15, 0.2) is 0 Å². The van der Waals surface area contributed by atoms with Crippen molar-refractivity contribution in [1.29, 1.82) is 0 Å². The number of hydrogen-bond donors (Lipinski definition) is 2. The van der Waals surface area contributed by atoms with E-state index in [2.05, 4.69) is 11.4 Å². The lowest BCUT2D eigenvalue weighted by Crippen LogP contribution is -2.40. The minimum atomic E-state index is -0.454. The Labute approximate surface area is 109 Å². The molecule has 1 aromatic carbocycles. The lowest BCUT2D eigenvalue weighted by Gasteiger charge is -2.12. The number of carbonyl (C=O) groups is 1. The van der Waals surface area contributed by atoms with E-state index in [-0.39, 0.29) is 5.91 Å². The van der Waals surface area contributed by atoms with Crippen molar-refractivity contribution in [1.82, 2.24) is 5.32 Å². The van der Waals surface area contributed by atoms with E-state index in [0.29, 0.717) is 19.6 Å². The van der Waals surface area contributed by atoms with Crippen LogP contribution in [0.2, 0.25) is 0 Å². The van der Waals surface area contributed by atoms with Crippen molar-refractivity contribution in [3.63, 3.8) is 0 Å². The van der Waals surface area contributed by atoms with Crippen LogP contribution in [0.1, 0.15) is 24.0 Å². The summed E-state index contributed by atoms with van der Waals surface area (Å²) >= 11 is 0. The van der Waals surface area contributed by atoms with Crippen LogP contribution in [0.5, 0.6) is 0 Å². The Kier molecular flexibility index (Phi) is 6.39. The van der Waals surface area contributed by atoms with Gasteiger partial charge in [-0.05, 0) is 25.3 Å². The normalized spacial score (nSPS) is 12.2. The van der Waals surface area contributed by atoms with Crippen molar-refractivity contribution >= 4 is 5.91 Å². The van der Waals surface area contributed by atoms with E-state index in [0.717, 1.165) is 12.0 Å². The molecule has 0 bridgehead atoms. The Bertz CT molecular complexity index is 380. The van der Waals surface area contributed by atoms with Gasteiger partial charge in [0, 0.05) is 20.3 Å². The van der Waals surface area contributed by atoms with Crippen molar-refractivity contribution in [3.05, 3.63) is 35.4 Å². The van der Waals surface area contributed by atoms with Gasteiger partial charge >= 0.3 is 0 Å². The molecule has 0 fully saturated rings. The van der Waals surface area contributed by atoms with E-state index in [4.69, 9.17) is 10.5 Å². The molecule has 0 aromatic heterocycles. The molecule has 1 amide bonds. The van der Waals surface area contributed by atoms with Crippen LogP contribution in [-0.2, 0) is 16.1 Å². The zero-order valence-electron chi connectivity index (χ0n) is 11.1. The summed E-state index contributed by atoms with van der Waals surface area (Å²) in [6, 6.07) is 7.60. The first-order chi connectivity index (χ1) is 8.63. The van der Waals surface area contributed by atoms with E-state index in [1.165, 1.54) is 5.56 Å². The topological polar surface area (TPSA) is 64.3 Å². The molecule has 1 atom stereocenters. The molecule has 1 unspecified atom stereocenters. The fourth-order valence-corrected chi connectivity index (χ4v) is 1.72. The molecule has 4 heteroatoms. The van der Waals surface area contributed by atoms with Gasteiger partial charge in [-0.2, -0.15) is 0 Å². The number of benzene rings is 1. The van der Waals surface area contributed by atoms with Gasteiger partial charge in [0.2, 0.25) is 5.91 Å². The molecule has 18 heavy (non-hydrogen) atoms. The third-order valence-corrected chi connectivity index (χ3v) is 2.75. The number of amides is 1. The van der Waals surface area contributed by atoms with Crippen LogP contribution in [-0.4, -0.2) is 25.7 Å². The van der Waals surface area contributed by atoms with Gasteiger partial charge in [-0.1, -0.05) is 29.8 Å². The molecule has 0 saturated heterocycles. The molecule has 0 saturated carbocycles. The van der Waals surface area contributed by atoms with Crippen molar-refractivity contribution < 1.29 is 9.53 Å². The maximum Gasteiger partial charge on any atom is 0.237 e. The van der Waals surface area contributed by atoms with Gasteiger partial charge in [-0.15, -0.1) is 0 Å². The quantitative estimate of drug-likeness (QED) is 0.718. The number of methoxy groups -OCH3 is 1. The minimum absolute atomic E-state index is 0.104. The molecule has 0 heterocycles. The smallest absolute Gasteiger partial charge is 0.237 e. The summed E-state index contributed by atoms with van der Waals surface area (Å²) in [4.78, 5) is 11.7.